The first kappa shape index (κ1) is 14.8. The fraction of sp³-hybridized carbons (Fsp3) is 0.118. The summed E-state index contributed by atoms with van der Waals surface area (Å²) in [6, 6.07) is 16.8. The highest BCUT2D eigenvalue weighted by Crippen LogP contribution is 2.21. The lowest BCUT2D eigenvalue weighted by Crippen LogP contribution is -2.23. The van der Waals surface area contributed by atoms with E-state index in [1.54, 1.807) is 13.2 Å². The van der Waals surface area contributed by atoms with Crippen molar-refractivity contribution in [1.29, 1.82) is 0 Å². The number of hydrogen-bond acceptors (Lipinski definition) is 5. The molecule has 0 spiro atoms. The molecule has 3 rings (SSSR count). The lowest BCUT2D eigenvalue weighted by Gasteiger charge is -2.01. The predicted molar refractivity (Wildman–Crippen MR) is 83.9 cm³/mol. The molecule has 0 unspecified atom stereocenters. The van der Waals surface area contributed by atoms with Crippen LogP contribution in [0.3, 0.4) is 0 Å². The number of nitrogens with zero attached hydrogens (tertiary/aromatic N) is 2. The molecule has 3 aromatic rings. The minimum Gasteiger partial charge on any atom is -0.497 e. The molecule has 1 aromatic heterocycles. The number of methoxy groups -OCH3 is 1. The van der Waals surface area contributed by atoms with Crippen LogP contribution in [0.2, 0.25) is 0 Å². The normalized spacial score (nSPS) is 10.3. The summed E-state index contributed by atoms with van der Waals surface area (Å²) in [5.74, 6) is 0.547. The van der Waals surface area contributed by atoms with Gasteiger partial charge in [0, 0.05) is 12.1 Å². The lowest BCUT2D eigenvalue weighted by atomic mass is 10.2. The highest BCUT2D eigenvalue weighted by atomic mass is 16.5. The SMILES string of the molecule is COc1cccc(-c2noc(C(=O)NCc3ccccc3)n2)c1. The summed E-state index contributed by atoms with van der Waals surface area (Å²) in [6.07, 6.45) is 0. The number of aromatic nitrogens is 2. The Morgan fingerprint density at radius 2 is 2.00 bits per heavy atom. The summed E-state index contributed by atoms with van der Waals surface area (Å²) >= 11 is 0. The van der Waals surface area contributed by atoms with Crippen LogP contribution in [0.1, 0.15) is 16.2 Å². The largest absolute Gasteiger partial charge is 0.497 e. The van der Waals surface area contributed by atoms with Crippen molar-refractivity contribution in [2.45, 2.75) is 6.54 Å². The van der Waals surface area contributed by atoms with Crippen LogP contribution in [0.5, 0.6) is 5.75 Å². The molecule has 0 aliphatic rings. The van der Waals surface area contributed by atoms with Crippen LogP contribution in [-0.4, -0.2) is 23.2 Å². The van der Waals surface area contributed by atoms with Gasteiger partial charge in [-0.1, -0.05) is 47.6 Å². The van der Waals surface area contributed by atoms with Crippen LogP contribution in [-0.2, 0) is 6.54 Å². The molecular weight excluding hydrogens is 294 g/mol. The van der Waals surface area contributed by atoms with Gasteiger partial charge >= 0.3 is 11.8 Å². The Balaban J connectivity index is 1.69. The maximum atomic E-state index is 12.1. The Labute approximate surface area is 133 Å². The van der Waals surface area contributed by atoms with E-state index in [1.165, 1.54) is 0 Å². The van der Waals surface area contributed by atoms with Crippen molar-refractivity contribution in [3.8, 4) is 17.1 Å². The summed E-state index contributed by atoms with van der Waals surface area (Å²) in [7, 11) is 1.58. The van der Waals surface area contributed by atoms with Gasteiger partial charge in [0.2, 0.25) is 5.82 Å². The van der Waals surface area contributed by atoms with Gasteiger partial charge in [0.05, 0.1) is 7.11 Å². The van der Waals surface area contributed by atoms with Gasteiger partial charge in [-0.25, -0.2) is 0 Å². The highest BCUT2D eigenvalue weighted by Gasteiger charge is 2.16. The molecule has 1 heterocycles. The standard InChI is InChI=1S/C17H15N3O3/c1-22-14-9-5-8-13(10-14)15-19-17(23-20-15)16(21)18-11-12-6-3-2-4-7-12/h2-10H,11H2,1H3,(H,18,21). The van der Waals surface area contributed by atoms with Crippen LogP contribution in [0.15, 0.2) is 59.1 Å². The van der Waals surface area contributed by atoms with E-state index in [0.717, 1.165) is 11.1 Å². The van der Waals surface area contributed by atoms with E-state index >= 15 is 0 Å². The minimum atomic E-state index is -0.407. The smallest absolute Gasteiger partial charge is 0.316 e. The Bertz CT molecular complexity index is 800. The summed E-state index contributed by atoms with van der Waals surface area (Å²) in [6.45, 7) is 0.399. The number of carbonyl (C=O) groups is 1. The molecule has 6 nitrogen and oxygen atoms in total. The Morgan fingerprint density at radius 1 is 1.17 bits per heavy atom. The Kier molecular flexibility index (Phi) is 4.33. The van der Waals surface area contributed by atoms with Gasteiger partial charge in [-0.05, 0) is 17.7 Å². The van der Waals surface area contributed by atoms with Crippen molar-refractivity contribution in [3.05, 3.63) is 66.1 Å². The molecule has 0 saturated heterocycles. The minimum absolute atomic E-state index is 0.0706. The predicted octanol–water partition coefficient (Wildman–Crippen LogP) is 2.68. The molecule has 0 radical (unpaired) electrons. The molecule has 1 N–H and O–H groups in total. The van der Waals surface area contributed by atoms with Crippen LogP contribution < -0.4 is 10.1 Å². The quantitative estimate of drug-likeness (QED) is 0.784. The summed E-state index contributed by atoms with van der Waals surface area (Å²) in [5.41, 5.74) is 1.71. The molecule has 0 saturated carbocycles. The van der Waals surface area contributed by atoms with Crippen LogP contribution in [0.4, 0.5) is 0 Å². The zero-order chi connectivity index (χ0) is 16.1. The van der Waals surface area contributed by atoms with Gasteiger partial charge in [0.1, 0.15) is 5.75 Å². The number of rotatable bonds is 5. The van der Waals surface area contributed by atoms with Crippen molar-refractivity contribution in [2.75, 3.05) is 7.11 Å². The Hall–Kier alpha value is -3.15. The van der Waals surface area contributed by atoms with E-state index in [9.17, 15) is 4.79 Å². The summed E-state index contributed by atoms with van der Waals surface area (Å²) < 4.78 is 10.2. The van der Waals surface area contributed by atoms with E-state index in [0.29, 0.717) is 18.1 Å². The van der Waals surface area contributed by atoms with Gasteiger partial charge in [-0.3, -0.25) is 4.79 Å². The van der Waals surface area contributed by atoms with E-state index in [1.807, 2.05) is 48.5 Å². The van der Waals surface area contributed by atoms with Crippen molar-refractivity contribution >= 4 is 5.91 Å². The number of benzene rings is 2. The molecule has 6 heteroatoms. The van der Waals surface area contributed by atoms with Crippen LogP contribution in [0.25, 0.3) is 11.4 Å². The second-order valence-corrected chi connectivity index (χ2v) is 4.82. The third-order valence-electron chi connectivity index (χ3n) is 3.24. The summed E-state index contributed by atoms with van der Waals surface area (Å²) in [5, 5.41) is 6.58. The Morgan fingerprint density at radius 3 is 2.78 bits per heavy atom. The molecule has 1 amide bonds. The average Bonchev–Trinajstić information content (AvgIpc) is 3.11. The molecule has 0 fully saturated rings. The number of hydrogen-bond donors (Lipinski definition) is 1. The topological polar surface area (TPSA) is 77.2 Å². The molecule has 0 bridgehead atoms. The van der Waals surface area contributed by atoms with E-state index in [4.69, 9.17) is 9.26 Å². The lowest BCUT2D eigenvalue weighted by molar-refractivity contribution is 0.0907. The van der Waals surface area contributed by atoms with Crippen LogP contribution in [0, 0.1) is 0 Å². The average molecular weight is 309 g/mol. The van der Waals surface area contributed by atoms with Crippen LogP contribution >= 0.6 is 0 Å². The first-order valence-corrected chi connectivity index (χ1v) is 7.06. The van der Waals surface area contributed by atoms with Gasteiger partial charge < -0.3 is 14.6 Å². The van der Waals surface area contributed by atoms with E-state index in [-0.39, 0.29) is 5.89 Å². The zero-order valence-corrected chi connectivity index (χ0v) is 12.5. The first-order valence-electron chi connectivity index (χ1n) is 7.06. The highest BCUT2D eigenvalue weighted by molar-refractivity contribution is 5.89. The molecule has 2 aromatic carbocycles. The third-order valence-corrected chi connectivity index (χ3v) is 3.24. The van der Waals surface area contributed by atoms with Crippen molar-refractivity contribution < 1.29 is 14.1 Å². The van der Waals surface area contributed by atoms with E-state index < -0.39 is 5.91 Å². The number of ether oxygens (including phenoxy) is 1. The second-order valence-electron chi connectivity index (χ2n) is 4.82. The summed E-state index contributed by atoms with van der Waals surface area (Å²) in [4.78, 5) is 16.2. The van der Waals surface area contributed by atoms with Crippen molar-refractivity contribution in [3.63, 3.8) is 0 Å². The number of amides is 1. The van der Waals surface area contributed by atoms with Gasteiger partial charge in [0.25, 0.3) is 0 Å². The van der Waals surface area contributed by atoms with Gasteiger partial charge in [0.15, 0.2) is 0 Å². The molecule has 0 aliphatic carbocycles. The third kappa shape index (κ3) is 3.55. The fourth-order valence-corrected chi connectivity index (χ4v) is 2.05. The monoisotopic (exact) mass is 309 g/mol. The molecule has 116 valence electrons. The van der Waals surface area contributed by atoms with Crippen molar-refractivity contribution in [2.24, 2.45) is 0 Å². The maximum Gasteiger partial charge on any atom is 0.316 e. The van der Waals surface area contributed by atoms with Gasteiger partial charge in [-0.2, -0.15) is 4.98 Å². The number of nitrogens with one attached hydrogen (secondary N) is 1. The van der Waals surface area contributed by atoms with E-state index in [2.05, 4.69) is 15.5 Å². The number of carbonyl (C=O) groups excluding carboxylic acids is 1. The molecule has 23 heavy (non-hydrogen) atoms. The van der Waals surface area contributed by atoms with Gasteiger partial charge in [-0.15, -0.1) is 0 Å². The zero-order valence-electron chi connectivity index (χ0n) is 12.5. The maximum absolute atomic E-state index is 12.1. The molecular formula is C17H15N3O3. The fourth-order valence-electron chi connectivity index (χ4n) is 2.05. The second kappa shape index (κ2) is 6.74. The first-order chi connectivity index (χ1) is 11.3. The van der Waals surface area contributed by atoms with Crippen molar-refractivity contribution in [1.82, 2.24) is 15.5 Å². The molecule has 0 atom stereocenters. The molecule has 0 aliphatic heterocycles.